The lowest BCUT2D eigenvalue weighted by atomic mass is 9.98. The molecule has 4 heteroatoms. The smallest absolute Gasteiger partial charge is 0.328 e. The molecular weight excluding hydrogens is 274 g/mol. The van der Waals surface area contributed by atoms with Crippen molar-refractivity contribution >= 4 is 29.3 Å². The predicted molar refractivity (Wildman–Crippen MR) is 83.4 cm³/mol. The van der Waals surface area contributed by atoms with Crippen LogP contribution in [0.15, 0.2) is 24.3 Å². The number of carboxylic acid groups (broad SMARTS) is 1. The number of anilines is 1. The van der Waals surface area contributed by atoms with E-state index in [-0.39, 0.29) is 0 Å². The van der Waals surface area contributed by atoms with E-state index >= 15 is 0 Å². The number of nitrogens with zero attached hydrogens (tertiary/aromatic N) is 1. The Bertz CT molecular complexity index is 513. The molecule has 1 fully saturated rings. The highest BCUT2D eigenvalue weighted by Gasteiger charge is 2.24. The van der Waals surface area contributed by atoms with E-state index in [1.807, 2.05) is 18.2 Å². The van der Waals surface area contributed by atoms with E-state index in [2.05, 4.69) is 11.8 Å². The van der Waals surface area contributed by atoms with Crippen LogP contribution in [-0.2, 0) is 4.79 Å². The number of hydrogen-bond acceptors (Lipinski definition) is 2. The summed E-state index contributed by atoms with van der Waals surface area (Å²) in [6.45, 7) is 3.17. The predicted octanol–water partition coefficient (Wildman–Crippen LogP) is 4.21. The normalized spacial score (nSPS) is 19.5. The highest BCUT2D eigenvalue weighted by molar-refractivity contribution is 6.33. The number of halogens is 1. The number of carbonyl (C=O) groups is 1. The van der Waals surface area contributed by atoms with Gasteiger partial charge >= 0.3 is 5.97 Å². The molecule has 1 saturated heterocycles. The number of rotatable bonds is 4. The van der Waals surface area contributed by atoms with E-state index in [1.165, 1.54) is 18.9 Å². The van der Waals surface area contributed by atoms with Crippen molar-refractivity contribution in [1.29, 1.82) is 0 Å². The van der Waals surface area contributed by atoms with Crippen LogP contribution in [0.3, 0.4) is 0 Å². The summed E-state index contributed by atoms with van der Waals surface area (Å²) in [4.78, 5) is 13.1. The van der Waals surface area contributed by atoms with Gasteiger partial charge in [-0.2, -0.15) is 0 Å². The van der Waals surface area contributed by atoms with E-state index in [0.717, 1.165) is 30.6 Å². The summed E-state index contributed by atoms with van der Waals surface area (Å²) in [6, 6.07) is 6.14. The zero-order chi connectivity index (χ0) is 14.5. The Hall–Kier alpha value is -1.48. The summed E-state index contributed by atoms with van der Waals surface area (Å²) in [5.74, 6) is -0.943. The van der Waals surface area contributed by atoms with Gasteiger partial charge in [-0.1, -0.05) is 30.7 Å². The molecule has 1 aliphatic rings. The van der Waals surface area contributed by atoms with Crippen LogP contribution in [0.4, 0.5) is 5.69 Å². The van der Waals surface area contributed by atoms with Crippen molar-refractivity contribution in [1.82, 2.24) is 0 Å². The summed E-state index contributed by atoms with van der Waals surface area (Å²) in [5.41, 5.74) is 1.85. The second-order valence-electron chi connectivity index (χ2n) is 5.10. The van der Waals surface area contributed by atoms with Crippen LogP contribution in [-0.4, -0.2) is 23.7 Å². The molecule has 0 radical (unpaired) electrons. The molecule has 3 nitrogen and oxygen atoms in total. The second-order valence-corrected chi connectivity index (χ2v) is 5.51. The number of hydrogen-bond donors (Lipinski definition) is 1. The number of para-hydroxylation sites is 1. The molecule has 0 aliphatic carbocycles. The van der Waals surface area contributed by atoms with Crippen molar-refractivity contribution in [2.75, 3.05) is 11.4 Å². The molecule has 0 aromatic heterocycles. The SMILES string of the molecule is CCC1CCCCN1c1c(Cl)cccc1/C=C/C(=O)O. The molecule has 1 atom stereocenters. The van der Waals surface area contributed by atoms with Gasteiger partial charge in [-0.3, -0.25) is 0 Å². The maximum absolute atomic E-state index is 10.7. The Morgan fingerprint density at radius 3 is 3.00 bits per heavy atom. The monoisotopic (exact) mass is 293 g/mol. The summed E-state index contributed by atoms with van der Waals surface area (Å²) in [5, 5.41) is 9.50. The maximum Gasteiger partial charge on any atom is 0.328 e. The second kappa shape index (κ2) is 6.80. The summed E-state index contributed by atoms with van der Waals surface area (Å²) >= 11 is 6.38. The first-order valence-electron chi connectivity index (χ1n) is 7.09. The van der Waals surface area contributed by atoms with Crippen LogP contribution >= 0.6 is 11.6 Å². The molecule has 108 valence electrons. The average Bonchev–Trinajstić information content (AvgIpc) is 2.45. The highest BCUT2D eigenvalue weighted by atomic mass is 35.5. The van der Waals surface area contributed by atoms with Gasteiger partial charge in [0.1, 0.15) is 0 Å². The van der Waals surface area contributed by atoms with Gasteiger partial charge in [-0.05, 0) is 43.4 Å². The van der Waals surface area contributed by atoms with Crippen LogP contribution < -0.4 is 4.90 Å². The lowest BCUT2D eigenvalue weighted by Gasteiger charge is -2.38. The number of carboxylic acids is 1. The summed E-state index contributed by atoms with van der Waals surface area (Å²) in [7, 11) is 0. The first kappa shape index (κ1) is 14.9. The van der Waals surface area contributed by atoms with Crippen LogP contribution in [0.25, 0.3) is 6.08 Å². The van der Waals surface area contributed by atoms with Crippen molar-refractivity contribution in [3.05, 3.63) is 34.9 Å². The molecule has 1 N–H and O–H groups in total. The van der Waals surface area contributed by atoms with Gasteiger partial charge in [0.25, 0.3) is 0 Å². The van der Waals surface area contributed by atoms with Gasteiger partial charge < -0.3 is 10.0 Å². The van der Waals surface area contributed by atoms with Gasteiger partial charge in [0.05, 0.1) is 10.7 Å². The van der Waals surface area contributed by atoms with Gasteiger partial charge in [-0.25, -0.2) is 4.79 Å². The van der Waals surface area contributed by atoms with Crippen molar-refractivity contribution in [3.63, 3.8) is 0 Å². The molecule has 20 heavy (non-hydrogen) atoms. The molecule has 1 aromatic rings. The van der Waals surface area contributed by atoms with Crippen LogP contribution in [0.1, 0.15) is 38.2 Å². The molecule has 1 heterocycles. The minimum atomic E-state index is -0.943. The fourth-order valence-electron chi connectivity index (χ4n) is 2.85. The lowest BCUT2D eigenvalue weighted by Crippen LogP contribution is -2.39. The topological polar surface area (TPSA) is 40.5 Å². The maximum atomic E-state index is 10.7. The fourth-order valence-corrected chi connectivity index (χ4v) is 3.14. The third kappa shape index (κ3) is 3.34. The van der Waals surface area contributed by atoms with E-state index < -0.39 is 5.97 Å². The van der Waals surface area contributed by atoms with Gasteiger partial charge in [-0.15, -0.1) is 0 Å². The lowest BCUT2D eigenvalue weighted by molar-refractivity contribution is -0.131. The van der Waals surface area contributed by atoms with Crippen molar-refractivity contribution < 1.29 is 9.90 Å². The molecule has 2 rings (SSSR count). The molecule has 0 saturated carbocycles. The molecular formula is C16H20ClNO2. The van der Waals surface area contributed by atoms with Crippen LogP contribution in [0.2, 0.25) is 5.02 Å². The van der Waals surface area contributed by atoms with E-state index in [1.54, 1.807) is 6.08 Å². The number of benzene rings is 1. The van der Waals surface area contributed by atoms with Crippen molar-refractivity contribution in [2.24, 2.45) is 0 Å². The van der Waals surface area contributed by atoms with Crippen molar-refractivity contribution in [2.45, 2.75) is 38.6 Å². The van der Waals surface area contributed by atoms with E-state index in [9.17, 15) is 4.79 Å². The first-order chi connectivity index (χ1) is 9.63. The zero-order valence-corrected chi connectivity index (χ0v) is 12.4. The van der Waals surface area contributed by atoms with E-state index in [0.29, 0.717) is 11.1 Å². The standard InChI is InChI=1S/C16H20ClNO2/c1-2-13-7-3-4-11-18(13)16-12(9-10-15(19)20)6-5-8-14(16)17/h5-6,8-10,13H,2-4,7,11H2,1H3,(H,19,20)/b10-9+. The Kier molecular flexibility index (Phi) is 5.07. The Morgan fingerprint density at radius 1 is 1.50 bits per heavy atom. The van der Waals surface area contributed by atoms with Crippen molar-refractivity contribution in [3.8, 4) is 0 Å². The molecule has 1 aromatic carbocycles. The third-order valence-electron chi connectivity index (χ3n) is 3.81. The quantitative estimate of drug-likeness (QED) is 0.846. The van der Waals surface area contributed by atoms with Crippen LogP contribution in [0, 0.1) is 0 Å². The van der Waals surface area contributed by atoms with Crippen LogP contribution in [0.5, 0.6) is 0 Å². The zero-order valence-electron chi connectivity index (χ0n) is 11.7. The Balaban J connectivity index is 2.40. The Labute approximate surface area is 124 Å². The minimum Gasteiger partial charge on any atom is -0.478 e. The highest BCUT2D eigenvalue weighted by Crippen LogP contribution is 2.35. The van der Waals surface area contributed by atoms with Gasteiger partial charge in [0, 0.05) is 18.7 Å². The van der Waals surface area contributed by atoms with E-state index in [4.69, 9.17) is 16.7 Å². The molecule has 0 spiro atoms. The average molecular weight is 294 g/mol. The number of piperidine rings is 1. The minimum absolute atomic E-state index is 0.487. The molecule has 0 amide bonds. The molecule has 1 aliphatic heterocycles. The third-order valence-corrected chi connectivity index (χ3v) is 4.11. The summed E-state index contributed by atoms with van der Waals surface area (Å²) < 4.78 is 0. The first-order valence-corrected chi connectivity index (χ1v) is 7.47. The Morgan fingerprint density at radius 2 is 2.30 bits per heavy atom. The summed E-state index contributed by atoms with van der Waals surface area (Å²) in [6.07, 6.45) is 7.45. The van der Waals surface area contributed by atoms with Gasteiger partial charge in [0.15, 0.2) is 0 Å². The molecule has 0 bridgehead atoms. The fraction of sp³-hybridized carbons (Fsp3) is 0.438. The number of aliphatic carboxylic acids is 1. The van der Waals surface area contributed by atoms with Gasteiger partial charge in [0.2, 0.25) is 0 Å². The molecule has 1 unspecified atom stereocenters. The largest absolute Gasteiger partial charge is 0.478 e.